The summed E-state index contributed by atoms with van der Waals surface area (Å²) in [5.74, 6) is -0.450. The van der Waals surface area contributed by atoms with Crippen molar-refractivity contribution >= 4 is 27.5 Å². The van der Waals surface area contributed by atoms with E-state index < -0.39 is 11.4 Å². The second kappa shape index (κ2) is 9.57. The van der Waals surface area contributed by atoms with Gasteiger partial charge in [0.05, 0.1) is 5.60 Å². The van der Waals surface area contributed by atoms with Crippen molar-refractivity contribution in [3.8, 4) is 22.9 Å². The monoisotopic (exact) mass is 534 g/mol. The Morgan fingerprint density at radius 2 is 1.79 bits per heavy atom. The summed E-state index contributed by atoms with van der Waals surface area (Å²) in [7, 11) is 0. The zero-order chi connectivity index (χ0) is 27.5. The van der Waals surface area contributed by atoms with Crippen LogP contribution in [0.5, 0.6) is 11.8 Å². The van der Waals surface area contributed by atoms with E-state index in [4.69, 9.17) is 4.74 Å². The quantitative estimate of drug-likeness (QED) is 0.318. The lowest BCUT2D eigenvalue weighted by molar-refractivity contribution is 0.0251. The Balaban J connectivity index is 1.56. The maximum Gasteiger partial charge on any atom is 0.319 e. The molecule has 0 saturated carbocycles. The number of rotatable bonds is 6. The van der Waals surface area contributed by atoms with Crippen molar-refractivity contribution in [2.75, 3.05) is 24.6 Å². The summed E-state index contributed by atoms with van der Waals surface area (Å²) in [4.78, 5) is 11.3. The fourth-order valence-corrected chi connectivity index (χ4v) is 5.91. The Morgan fingerprint density at radius 1 is 1.05 bits per heavy atom. The third-order valence-electron chi connectivity index (χ3n) is 7.63. The molecular formula is C30H32F2N4O3. The smallest absolute Gasteiger partial charge is 0.319 e. The Labute approximate surface area is 225 Å². The minimum absolute atomic E-state index is 0.0254. The molecule has 0 radical (unpaired) electrons. The van der Waals surface area contributed by atoms with Crippen LogP contribution in [0.4, 0.5) is 14.6 Å². The highest BCUT2D eigenvalue weighted by Crippen LogP contribution is 2.40. The summed E-state index contributed by atoms with van der Waals surface area (Å²) in [6, 6.07) is 10.1. The van der Waals surface area contributed by atoms with Crippen LogP contribution in [0.1, 0.15) is 39.2 Å². The molecular weight excluding hydrogens is 502 g/mol. The predicted molar refractivity (Wildman–Crippen MR) is 147 cm³/mol. The van der Waals surface area contributed by atoms with Gasteiger partial charge in [-0.2, -0.15) is 9.97 Å². The Bertz CT molecular complexity index is 1580. The van der Waals surface area contributed by atoms with Gasteiger partial charge in [0.25, 0.3) is 0 Å². The molecule has 4 aromatic rings. The Morgan fingerprint density at radius 3 is 2.49 bits per heavy atom. The molecule has 0 spiro atoms. The number of aliphatic hydroxyl groups is 1. The number of nitrogens with one attached hydrogen (secondary N) is 1. The lowest BCUT2D eigenvalue weighted by atomic mass is 9.92. The van der Waals surface area contributed by atoms with Gasteiger partial charge in [-0.1, -0.05) is 19.1 Å². The number of hydrogen-bond donors (Lipinski definition) is 3. The van der Waals surface area contributed by atoms with Crippen molar-refractivity contribution in [1.29, 1.82) is 0 Å². The van der Waals surface area contributed by atoms with Crippen LogP contribution in [0.15, 0.2) is 36.4 Å². The van der Waals surface area contributed by atoms with Gasteiger partial charge in [0.2, 0.25) is 0 Å². The van der Waals surface area contributed by atoms with Gasteiger partial charge < -0.3 is 25.2 Å². The molecule has 0 amide bonds. The van der Waals surface area contributed by atoms with Crippen molar-refractivity contribution in [3.05, 3.63) is 53.6 Å². The molecule has 2 unspecified atom stereocenters. The third kappa shape index (κ3) is 4.74. The Hall–Kier alpha value is -3.56. The Kier molecular flexibility index (Phi) is 6.31. The molecule has 6 rings (SSSR count). The number of aryl methyl sites for hydroxylation is 1. The second-order valence-electron chi connectivity index (χ2n) is 11.3. The fraction of sp³-hybridized carbons (Fsp3) is 0.400. The number of phenols is 1. The predicted octanol–water partition coefficient (Wildman–Crippen LogP) is 5.09. The highest BCUT2D eigenvalue weighted by atomic mass is 19.1. The van der Waals surface area contributed by atoms with Crippen molar-refractivity contribution in [2.24, 2.45) is 0 Å². The summed E-state index contributed by atoms with van der Waals surface area (Å²) in [6.45, 7) is 6.46. The van der Waals surface area contributed by atoms with Gasteiger partial charge >= 0.3 is 6.01 Å². The molecule has 2 atom stereocenters. The van der Waals surface area contributed by atoms with Crippen LogP contribution >= 0.6 is 0 Å². The summed E-state index contributed by atoms with van der Waals surface area (Å²) in [5, 5.41) is 26.0. The highest BCUT2D eigenvalue weighted by molar-refractivity contribution is 6.03. The van der Waals surface area contributed by atoms with Crippen molar-refractivity contribution in [3.63, 3.8) is 0 Å². The van der Waals surface area contributed by atoms with E-state index in [0.29, 0.717) is 51.6 Å². The first-order valence-corrected chi connectivity index (χ1v) is 13.4. The van der Waals surface area contributed by atoms with E-state index in [1.54, 1.807) is 38.1 Å². The summed E-state index contributed by atoms with van der Waals surface area (Å²) in [5.41, 5.74) is -0.0214. The number of ether oxygens (including phenoxy) is 1. The SMILES string of the molecule is CCc1c(F)ccc2cc(O)cc(-c3ccc4c(N5CC6CCC(C5)N6)nc(OCC(C)(C)O)nc4c3F)c12. The average Bonchev–Trinajstić information content (AvgIpc) is 3.24. The number of nitrogens with zero attached hydrogens (tertiary/aromatic N) is 3. The zero-order valence-corrected chi connectivity index (χ0v) is 22.3. The van der Waals surface area contributed by atoms with Crippen LogP contribution < -0.4 is 15.0 Å². The topological polar surface area (TPSA) is 90.7 Å². The molecule has 2 aliphatic rings. The maximum atomic E-state index is 16.5. The van der Waals surface area contributed by atoms with E-state index >= 15 is 4.39 Å². The van der Waals surface area contributed by atoms with Gasteiger partial charge in [-0.25, -0.2) is 8.78 Å². The van der Waals surface area contributed by atoms with Gasteiger partial charge in [-0.15, -0.1) is 0 Å². The molecule has 39 heavy (non-hydrogen) atoms. The van der Waals surface area contributed by atoms with E-state index in [9.17, 15) is 14.6 Å². The zero-order valence-electron chi connectivity index (χ0n) is 22.3. The molecule has 3 aromatic carbocycles. The lowest BCUT2D eigenvalue weighted by Crippen LogP contribution is -2.51. The number of aromatic hydroxyl groups is 1. The first-order valence-electron chi connectivity index (χ1n) is 13.4. The van der Waals surface area contributed by atoms with E-state index in [2.05, 4.69) is 20.2 Å². The molecule has 2 aliphatic heterocycles. The molecule has 0 aliphatic carbocycles. The minimum Gasteiger partial charge on any atom is -0.508 e. The average molecular weight is 535 g/mol. The molecule has 2 bridgehead atoms. The van der Waals surface area contributed by atoms with Gasteiger partial charge in [0.1, 0.15) is 29.5 Å². The van der Waals surface area contributed by atoms with Crippen LogP contribution in [-0.2, 0) is 6.42 Å². The molecule has 3 heterocycles. The van der Waals surface area contributed by atoms with E-state index in [1.807, 2.05) is 6.92 Å². The van der Waals surface area contributed by atoms with Crippen LogP contribution in [0.25, 0.3) is 32.8 Å². The molecule has 2 fully saturated rings. The summed E-state index contributed by atoms with van der Waals surface area (Å²) >= 11 is 0. The first kappa shape index (κ1) is 25.7. The molecule has 7 nitrogen and oxygen atoms in total. The maximum absolute atomic E-state index is 16.5. The standard InChI is InChI=1S/C30H32F2N4O3/c1-4-20-24(31)10-5-16-11-19(37)12-23(25(16)20)21-8-9-22-27(26(21)32)34-29(39-15-30(2,3)38)35-28(22)36-13-17-6-7-18(14-36)33-17/h5,8-12,17-18,33,37-38H,4,6-7,13-15H2,1-3H3. The number of fused-ring (bicyclic) bond motifs is 4. The lowest BCUT2D eigenvalue weighted by Gasteiger charge is -2.34. The molecule has 1 aromatic heterocycles. The first-order chi connectivity index (χ1) is 18.6. The number of aromatic nitrogens is 2. The number of hydrogen-bond acceptors (Lipinski definition) is 7. The fourth-order valence-electron chi connectivity index (χ4n) is 5.91. The van der Waals surface area contributed by atoms with E-state index in [1.165, 1.54) is 12.1 Å². The number of benzene rings is 3. The van der Waals surface area contributed by atoms with Crippen LogP contribution in [0, 0.1) is 11.6 Å². The minimum atomic E-state index is -1.13. The van der Waals surface area contributed by atoms with Gasteiger partial charge in [0.15, 0.2) is 5.82 Å². The van der Waals surface area contributed by atoms with Crippen molar-refractivity contribution in [1.82, 2.24) is 15.3 Å². The van der Waals surface area contributed by atoms with Crippen LogP contribution in [0.2, 0.25) is 0 Å². The van der Waals surface area contributed by atoms with Crippen molar-refractivity contribution < 1.29 is 23.7 Å². The molecule has 2 saturated heterocycles. The number of anilines is 1. The van der Waals surface area contributed by atoms with E-state index in [0.717, 1.165) is 25.9 Å². The summed E-state index contributed by atoms with van der Waals surface area (Å²) in [6.07, 6.45) is 2.56. The number of piperazine rings is 1. The highest BCUT2D eigenvalue weighted by Gasteiger charge is 2.34. The van der Waals surface area contributed by atoms with Crippen molar-refractivity contribution in [2.45, 2.75) is 57.7 Å². The molecule has 9 heteroatoms. The van der Waals surface area contributed by atoms with Gasteiger partial charge in [0, 0.05) is 36.1 Å². The molecule has 3 N–H and O–H groups in total. The number of halogens is 2. The van der Waals surface area contributed by atoms with Crippen LogP contribution in [-0.4, -0.2) is 57.6 Å². The molecule has 204 valence electrons. The van der Waals surface area contributed by atoms with Gasteiger partial charge in [-0.3, -0.25) is 0 Å². The third-order valence-corrected chi connectivity index (χ3v) is 7.63. The largest absolute Gasteiger partial charge is 0.508 e. The summed E-state index contributed by atoms with van der Waals surface area (Å²) < 4.78 is 37.1. The normalized spacial score (nSPS) is 19.3. The second-order valence-corrected chi connectivity index (χ2v) is 11.3. The van der Waals surface area contributed by atoms with Crippen LogP contribution in [0.3, 0.4) is 0 Å². The van der Waals surface area contributed by atoms with E-state index in [-0.39, 0.29) is 35.3 Å². The number of phenolic OH excluding ortho intramolecular Hbond substituents is 1. The van der Waals surface area contributed by atoms with Gasteiger partial charge in [-0.05, 0) is 79.3 Å².